The molecule has 0 unspecified atom stereocenters. The lowest BCUT2D eigenvalue weighted by atomic mass is 10.1. The first-order valence-corrected chi connectivity index (χ1v) is 9.02. The summed E-state index contributed by atoms with van der Waals surface area (Å²) in [4.78, 5) is 0. The van der Waals surface area contributed by atoms with Crippen LogP contribution in [0.15, 0.2) is 36.4 Å². The first-order chi connectivity index (χ1) is 9.42. The van der Waals surface area contributed by atoms with Crippen LogP contribution in [-0.2, 0) is 0 Å². The molecular formula is C17H21AlO2. The van der Waals surface area contributed by atoms with Crippen molar-refractivity contribution in [1.29, 1.82) is 0 Å². The Morgan fingerprint density at radius 1 is 0.600 bits per heavy atom. The largest absolute Gasteiger partial charge is 0.853 e. The topological polar surface area (TPSA) is 18.5 Å². The molecule has 20 heavy (non-hydrogen) atoms. The highest BCUT2D eigenvalue weighted by atomic mass is 27.2. The minimum absolute atomic E-state index is 0.908. The van der Waals surface area contributed by atoms with Crippen molar-refractivity contribution in [1.82, 2.24) is 0 Å². The first kappa shape index (κ1) is 15.0. The number of aryl methyl sites for hydroxylation is 4. The zero-order valence-electron chi connectivity index (χ0n) is 12.9. The summed E-state index contributed by atoms with van der Waals surface area (Å²) in [5, 5.41) is 0. The van der Waals surface area contributed by atoms with Gasteiger partial charge in [0.15, 0.2) is 0 Å². The van der Waals surface area contributed by atoms with Gasteiger partial charge in [-0.25, -0.2) is 0 Å². The Bertz CT molecular complexity index is 514. The third-order valence-electron chi connectivity index (χ3n) is 2.99. The Kier molecular flexibility index (Phi) is 4.75. The van der Waals surface area contributed by atoms with Crippen molar-refractivity contribution in [2.75, 3.05) is 0 Å². The van der Waals surface area contributed by atoms with Crippen LogP contribution in [-0.4, -0.2) is 14.8 Å². The van der Waals surface area contributed by atoms with E-state index in [1.807, 2.05) is 0 Å². The minimum atomic E-state index is -1.74. The Morgan fingerprint density at radius 3 is 1.20 bits per heavy atom. The molecule has 0 saturated carbocycles. The molecule has 0 fully saturated rings. The predicted molar refractivity (Wildman–Crippen MR) is 84.7 cm³/mol. The average Bonchev–Trinajstić information content (AvgIpc) is 2.24. The summed E-state index contributed by atoms with van der Waals surface area (Å²) in [6.45, 7) is 8.32. The van der Waals surface area contributed by atoms with E-state index in [4.69, 9.17) is 7.58 Å². The van der Waals surface area contributed by atoms with Crippen molar-refractivity contribution in [3.8, 4) is 11.5 Å². The maximum atomic E-state index is 5.98. The van der Waals surface area contributed by atoms with Gasteiger partial charge in [-0.2, -0.15) is 0 Å². The summed E-state index contributed by atoms with van der Waals surface area (Å²) in [7, 11) is 0. The van der Waals surface area contributed by atoms with E-state index < -0.39 is 14.8 Å². The number of benzene rings is 2. The lowest BCUT2D eigenvalue weighted by Crippen LogP contribution is -2.25. The van der Waals surface area contributed by atoms with Gasteiger partial charge in [0.25, 0.3) is 0 Å². The molecule has 0 N–H and O–H groups in total. The second-order valence-corrected chi connectivity index (χ2v) is 7.06. The van der Waals surface area contributed by atoms with Gasteiger partial charge >= 0.3 is 14.8 Å². The maximum absolute atomic E-state index is 5.98. The molecule has 0 atom stereocenters. The summed E-state index contributed by atoms with van der Waals surface area (Å²) in [5.74, 6) is 3.87. The fourth-order valence-corrected chi connectivity index (χ4v) is 3.50. The SMILES string of the molecule is Cc1cc(C)cc([O][Al]([CH3])[O]c2cc(C)cc(C)c2)c1. The zero-order valence-corrected chi connectivity index (χ0v) is 14.0. The molecule has 0 radical (unpaired) electrons. The molecule has 0 heterocycles. The quantitative estimate of drug-likeness (QED) is 0.770. The molecule has 0 spiro atoms. The predicted octanol–water partition coefficient (Wildman–Crippen LogP) is 4.50. The molecule has 2 nitrogen and oxygen atoms in total. The summed E-state index contributed by atoms with van der Waals surface area (Å²) in [6.07, 6.45) is 0. The van der Waals surface area contributed by atoms with E-state index in [1.165, 1.54) is 22.3 Å². The van der Waals surface area contributed by atoms with E-state index in [0.29, 0.717) is 0 Å². The van der Waals surface area contributed by atoms with Gasteiger partial charge in [0.05, 0.1) is 11.5 Å². The summed E-state index contributed by atoms with van der Waals surface area (Å²) in [5.41, 5.74) is 4.86. The van der Waals surface area contributed by atoms with Gasteiger partial charge in [-0.15, -0.1) is 0 Å². The molecule has 0 bridgehead atoms. The van der Waals surface area contributed by atoms with Gasteiger partial charge in [-0.1, -0.05) is 12.1 Å². The van der Waals surface area contributed by atoms with E-state index in [1.54, 1.807) is 0 Å². The maximum Gasteiger partial charge on any atom is 0.853 e. The Morgan fingerprint density at radius 2 is 0.900 bits per heavy atom. The van der Waals surface area contributed by atoms with Crippen molar-refractivity contribution in [3.63, 3.8) is 0 Å². The third-order valence-corrected chi connectivity index (χ3v) is 4.20. The normalized spacial score (nSPS) is 10.2. The first-order valence-electron chi connectivity index (χ1n) is 6.92. The fourth-order valence-electron chi connectivity index (χ4n) is 2.41. The van der Waals surface area contributed by atoms with Crippen molar-refractivity contribution in [2.24, 2.45) is 0 Å². The van der Waals surface area contributed by atoms with Crippen LogP contribution in [0.5, 0.6) is 11.5 Å². The van der Waals surface area contributed by atoms with Crippen molar-refractivity contribution in [3.05, 3.63) is 58.7 Å². The molecule has 2 aromatic carbocycles. The number of rotatable bonds is 4. The molecule has 0 amide bonds. The number of hydrogen-bond donors (Lipinski definition) is 0. The molecule has 2 aromatic rings. The summed E-state index contributed by atoms with van der Waals surface area (Å²) < 4.78 is 12.0. The van der Waals surface area contributed by atoms with Crippen molar-refractivity contribution >= 4 is 14.8 Å². The second kappa shape index (κ2) is 6.35. The Hall–Kier alpha value is -1.43. The molecule has 3 heteroatoms. The summed E-state index contributed by atoms with van der Waals surface area (Å²) in [6, 6.07) is 12.5. The molecule has 0 aromatic heterocycles. The minimum Gasteiger partial charge on any atom is -0.612 e. The third kappa shape index (κ3) is 4.30. The van der Waals surface area contributed by atoms with Crippen molar-refractivity contribution in [2.45, 2.75) is 33.5 Å². The highest BCUT2D eigenvalue weighted by molar-refractivity contribution is 6.44. The van der Waals surface area contributed by atoms with Gasteiger partial charge in [0.1, 0.15) is 0 Å². The molecule has 0 saturated heterocycles. The van der Waals surface area contributed by atoms with E-state index in [-0.39, 0.29) is 0 Å². The molecule has 104 valence electrons. The van der Waals surface area contributed by atoms with Gasteiger partial charge in [-0.3, -0.25) is 0 Å². The van der Waals surface area contributed by atoms with Crippen LogP contribution in [0.3, 0.4) is 0 Å². The van der Waals surface area contributed by atoms with E-state index in [9.17, 15) is 0 Å². The molecule has 2 rings (SSSR count). The summed E-state index contributed by atoms with van der Waals surface area (Å²) >= 11 is -1.74. The standard InChI is InChI=1S/2C8H10O.CH3.Al/c2*1-6-3-7(2)5-8(9)4-6;;/h2*3-5,9H,1-2H3;1H3;/q;;;+2/p-2. The van der Waals surface area contributed by atoms with Crippen molar-refractivity contribution < 1.29 is 7.58 Å². The van der Waals surface area contributed by atoms with Crippen LogP contribution in [0.25, 0.3) is 0 Å². The van der Waals surface area contributed by atoms with Crippen LogP contribution in [0.2, 0.25) is 5.79 Å². The van der Waals surface area contributed by atoms with Gasteiger partial charge < -0.3 is 7.58 Å². The lowest BCUT2D eigenvalue weighted by molar-refractivity contribution is 0.430. The molecule has 0 aliphatic rings. The van der Waals surface area contributed by atoms with Crippen LogP contribution < -0.4 is 7.58 Å². The monoisotopic (exact) mass is 284 g/mol. The molecular weight excluding hydrogens is 263 g/mol. The van der Waals surface area contributed by atoms with Crippen LogP contribution >= 0.6 is 0 Å². The average molecular weight is 284 g/mol. The number of hydrogen-bond acceptors (Lipinski definition) is 2. The zero-order chi connectivity index (χ0) is 14.7. The Balaban J connectivity index is 2.06. The van der Waals surface area contributed by atoms with Crippen LogP contribution in [0.4, 0.5) is 0 Å². The van der Waals surface area contributed by atoms with Gasteiger partial charge in [-0.05, 0) is 80.0 Å². The fraction of sp³-hybridized carbons (Fsp3) is 0.294. The van der Waals surface area contributed by atoms with E-state index in [0.717, 1.165) is 11.5 Å². The van der Waals surface area contributed by atoms with Crippen LogP contribution in [0.1, 0.15) is 22.3 Å². The highest BCUT2D eigenvalue weighted by Crippen LogP contribution is 2.20. The van der Waals surface area contributed by atoms with E-state index >= 15 is 0 Å². The van der Waals surface area contributed by atoms with E-state index in [2.05, 4.69) is 69.9 Å². The van der Waals surface area contributed by atoms with Gasteiger partial charge in [0, 0.05) is 0 Å². The molecule has 0 aliphatic heterocycles. The smallest absolute Gasteiger partial charge is 0.612 e. The van der Waals surface area contributed by atoms with Crippen LogP contribution in [0, 0.1) is 27.7 Å². The highest BCUT2D eigenvalue weighted by Gasteiger charge is 2.24. The lowest BCUT2D eigenvalue weighted by Gasteiger charge is -2.15. The van der Waals surface area contributed by atoms with Gasteiger partial charge in [0.2, 0.25) is 0 Å². The Labute approximate surface area is 126 Å². The molecule has 0 aliphatic carbocycles. The second-order valence-electron chi connectivity index (χ2n) is 5.45.